The molecule has 1 rings (SSSR count). The van der Waals surface area contributed by atoms with Gasteiger partial charge in [0, 0.05) is 13.2 Å². The fourth-order valence-corrected chi connectivity index (χ4v) is 2.89. The number of carbonyl (C=O) groups is 1. The Morgan fingerprint density at radius 1 is 1.33 bits per heavy atom. The topological polar surface area (TPSA) is 102 Å². The molecule has 0 aliphatic carbocycles. The largest absolute Gasteiger partial charge is 0.482 e. The van der Waals surface area contributed by atoms with E-state index in [1.54, 1.807) is 0 Å². The molecule has 0 heterocycles. The van der Waals surface area contributed by atoms with Crippen LogP contribution >= 0.6 is 0 Å². The quantitative estimate of drug-likeness (QED) is 0.700. The van der Waals surface area contributed by atoms with Gasteiger partial charge in [-0.25, -0.2) is 17.9 Å². The highest BCUT2D eigenvalue weighted by Gasteiger charge is 2.19. The molecule has 0 fully saturated rings. The van der Waals surface area contributed by atoms with Crippen molar-refractivity contribution in [2.24, 2.45) is 0 Å². The van der Waals surface area contributed by atoms with Crippen LogP contribution in [0.2, 0.25) is 0 Å². The molecule has 1 aromatic rings. The Kier molecular flexibility index (Phi) is 6.60. The molecule has 0 aromatic heterocycles. The number of carboxylic acids is 1. The molecule has 0 saturated heterocycles. The lowest BCUT2D eigenvalue weighted by molar-refractivity contribution is -0.139. The predicted octanol–water partition coefficient (Wildman–Crippen LogP) is 0.853. The third-order valence-corrected chi connectivity index (χ3v) is 4.22. The van der Waals surface area contributed by atoms with E-state index < -0.39 is 22.6 Å². The summed E-state index contributed by atoms with van der Waals surface area (Å²) >= 11 is 0. The molecule has 1 atom stereocenters. The number of hydrogen-bond donors (Lipinski definition) is 2. The molecule has 2 N–H and O–H groups in total. The fourth-order valence-electron chi connectivity index (χ4n) is 1.58. The molecule has 0 radical (unpaired) electrons. The summed E-state index contributed by atoms with van der Waals surface area (Å²) in [6.07, 6.45) is 0.604. The second-order valence-electron chi connectivity index (χ2n) is 4.34. The van der Waals surface area contributed by atoms with E-state index in [4.69, 9.17) is 14.6 Å². The highest BCUT2D eigenvalue weighted by molar-refractivity contribution is 7.89. The van der Waals surface area contributed by atoms with Gasteiger partial charge in [-0.15, -0.1) is 0 Å². The van der Waals surface area contributed by atoms with Crippen LogP contribution in [0.3, 0.4) is 0 Å². The van der Waals surface area contributed by atoms with Crippen molar-refractivity contribution in [3.8, 4) is 5.75 Å². The Morgan fingerprint density at radius 3 is 2.43 bits per heavy atom. The van der Waals surface area contributed by atoms with Gasteiger partial charge in [-0.2, -0.15) is 0 Å². The molecule has 1 aromatic carbocycles. The van der Waals surface area contributed by atoms with Crippen molar-refractivity contribution >= 4 is 16.0 Å². The van der Waals surface area contributed by atoms with E-state index in [-0.39, 0.29) is 17.5 Å². The summed E-state index contributed by atoms with van der Waals surface area (Å²) in [6, 6.07) is 5.24. The summed E-state index contributed by atoms with van der Waals surface area (Å²) in [4.78, 5) is 10.5. The van der Waals surface area contributed by atoms with Crippen LogP contribution in [0.25, 0.3) is 0 Å². The lowest BCUT2D eigenvalue weighted by Crippen LogP contribution is -2.37. The van der Waals surface area contributed by atoms with Crippen LogP contribution in [-0.4, -0.2) is 45.9 Å². The van der Waals surface area contributed by atoms with Crippen LogP contribution < -0.4 is 9.46 Å². The number of hydrogen-bond acceptors (Lipinski definition) is 5. The van der Waals surface area contributed by atoms with E-state index in [1.165, 1.54) is 31.4 Å². The minimum Gasteiger partial charge on any atom is -0.482 e. The van der Waals surface area contributed by atoms with Crippen molar-refractivity contribution in [2.75, 3.05) is 20.3 Å². The monoisotopic (exact) mass is 317 g/mol. The number of nitrogens with one attached hydrogen (secondary N) is 1. The van der Waals surface area contributed by atoms with Crippen LogP contribution in [0, 0.1) is 0 Å². The summed E-state index contributed by atoms with van der Waals surface area (Å²) < 4.78 is 36.7. The molecule has 1 unspecified atom stereocenters. The Labute approximate surface area is 123 Å². The zero-order chi connectivity index (χ0) is 15.9. The number of rotatable bonds is 9. The zero-order valence-electron chi connectivity index (χ0n) is 11.9. The zero-order valence-corrected chi connectivity index (χ0v) is 12.7. The average molecular weight is 317 g/mol. The lowest BCUT2D eigenvalue weighted by Gasteiger charge is -2.16. The van der Waals surface area contributed by atoms with E-state index >= 15 is 0 Å². The standard InChI is InChI=1S/C13H19NO6S/c1-3-10(8-19-2)14-21(17,18)12-6-4-11(5-7-12)20-9-13(15)16/h4-7,10,14H,3,8-9H2,1-2H3,(H,15,16). The Hall–Kier alpha value is -1.64. The number of aliphatic carboxylic acids is 1. The van der Waals surface area contributed by atoms with Crippen LogP contribution in [-0.2, 0) is 19.6 Å². The second-order valence-corrected chi connectivity index (χ2v) is 6.05. The third kappa shape index (κ3) is 5.70. The lowest BCUT2D eigenvalue weighted by atomic mass is 10.3. The SMILES string of the molecule is CCC(COC)NS(=O)(=O)c1ccc(OCC(=O)O)cc1. The number of sulfonamides is 1. The number of ether oxygens (including phenoxy) is 2. The Morgan fingerprint density at radius 2 is 1.95 bits per heavy atom. The first-order valence-electron chi connectivity index (χ1n) is 6.35. The molecular weight excluding hydrogens is 298 g/mol. The van der Waals surface area contributed by atoms with E-state index in [0.717, 1.165) is 0 Å². The number of methoxy groups -OCH3 is 1. The van der Waals surface area contributed by atoms with Gasteiger partial charge in [0.2, 0.25) is 10.0 Å². The molecule has 0 amide bonds. The minimum absolute atomic E-state index is 0.0831. The van der Waals surface area contributed by atoms with E-state index in [9.17, 15) is 13.2 Å². The maximum atomic E-state index is 12.2. The van der Waals surface area contributed by atoms with Gasteiger partial charge in [0.15, 0.2) is 6.61 Å². The van der Waals surface area contributed by atoms with Crippen molar-refractivity contribution in [1.29, 1.82) is 0 Å². The first kappa shape index (κ1) is 17.4. The van der Waals surface area contributed by atoms with E-state index in [2.05, 4.69) is 4.72 Å². The van der Waals surface area contributed by atoms with E-state index in [1.807, 2.05) is 6.92 Å². The van der Waals surface area contributed by atoms with Gasteiger partial charge < -0.3 is 14.6 Å². The van der Waals surface area contributed by atoms with Gasteiger partial charge in [-0.3, -0.25) is 0 Å². The first-order chi connectivity index (χ1) is 9.89. The Bertz CT molecular complexity index is 555. The van der Waals surface area contributed by atoms with Crippen LogP contribution in [0.5, 0.6) is 5.75 Å². The summed E-state index contributed by atoms with van der Waals surface area (Å²) in [5, 5.41) is 8.49. The Balaban J connectivity index is 2.77. The van der Waals surface area contributed by atoms with Crippen molar-refractivity contribution < 1.29 is 27.8 Å². The molecule has 0 bridgehead atoms. The van der Waals surface area contributed by atoms with Crippen molar-refractivity contribution in [1.82, 2.24) is 4.72 Å². The molecule has 8 heteroatoms. The highest BCUT2D eigenvalue weighted by Crippen LogP contribution is 2.16. The van der Waals surface area contributed by atoms with Crippen molar-refractivity contribution in [2.45, 2.75) is 24.3 Å². The van der Waals surface area contributed by atoms with Gasteiger partial charge in [0.05, 0.1) is 11.5 Å². The first-order valence-corrected chi connectivity index (χ1v) is 7.83. The number of benzene rings is 1. The van der Waals surface area contributed by atoms with Gasteiger partial charge in [0.1, 0.15) is 5.75 Å². The van der Waals surface area contributed by atoms with Crippen molar-refractivity contribution in [3.05, 3.63) is 24.3 Å². The molecule has 118 valence electrons. The highest BCUT2D eigenvalue weighted by atomic mass is 32.2. The summed E-state index contributed by atoms with van der Waals surface area (Å²) in [5.74, 6) is -0.806. The van der Waals surface area contributed by atoms with Gasteiger partial charge >= 0.3 is 5.97 Å². The molecule has 0 spiro atoms. The van der Waals surface area contributed by atoms with Crippen molar-refractivity contribution in [3.63, 3.8) is 0 Å². The van der Waals surface area contributed by atoms with Crippen LogP contribution in [0.1, 0.15) is 13.3 Å². The molecule has 0 aliphatic heterocycles. The molecule has 7 nitrogen and oxygen atoms in total. The minimum atomic E-state index is -3.64. The van der Waals surface area contributed by atoms with Gasteiger partial charge in [-0.05, 0) is 30.7 Å². The summed E-state index contributed by atoms with van der Waals surface area (Å²) in [5.41, 5.74) is 0. The maximum Gasteiger partial charge on any atom is 0.341 e. The molecule has 0 saturated carbocycles. The molecule has 21 heavy (non-hydrogen) atoms. The number of carboxylic acid groups (broad SMARTS) is 1. The average Bonchev–Trinajstić information content (AvgIpc) is 2.45. The van der Waals surface area contributed by atoms with Crippen LogP contribution in [0.15, 0.2) is 29.2 Å². The normalized spacial score (nSPS) is 12.9. The van der Waals surface area contributed by atoms with Crippen LogP contribution in [0.4, 0.5) is 0 Å². The van der Waals surface area contributed by atoms with Gasteiger partial charge in [0.25, 0.3) is 0 Å². The maximum absolute atomic E-state index is 12.2. The second kappa shape index (κ2) is 7.96. The summed E-state index contributed by atoms with van der Waals surface area (Å²) in [7, 11) is -2.14. The van der Waals surface area contributed by atoms with E-state index in [0.29, 0.717) is 12.2 Å². The molecular formula is C13H19NO6S. The fraction of sp³-hybridized carbons (Fsp3) is 0.462. The summed E-state index contributed by atoms with van der Waals surface area (Å²) in [6.45, 7) is 1.67. The predicted molar refractivity (Wildman–Crippen MR) is 75.8 cm³/mol. The molecule has 0 aliphatic rings. The van der Waals surface area contributed by atoms with Gasteiger partial charge in [-0.1, -0.05) is 6.92 Å². The third-order valence-electron chi connectivity index (χ3n) is 2.68. The smallest absolute Gasteiger partial charge is 0.341 e.